The zero-order chi connectivity index (χ0) is 37.3. The summed E-state index contributed by atoms with van der Waals surface area (Å²) < 4.78 is 0. The average Bonchev–Trinajstić information content (AvgIpc) is 3.12. The summed E-state index contributed by atoms with van der Waals surface area (Å²) in [6.45, 7) is 4.18. The molecule has 0 heterocycles. The molecule has 302 valence electrons. The van der Waals surface area contributed by atoms with E-state index in [0.717, 1.165) is 32.1 Å². The number of unbranched alkanes of at least 4 members (excludes halogenated alkanes) is 30. The fourth-order valence-corrected chi connectivity index (χ4v) is 7.00. The standard InChI is InChI=1S/C46H89NO4/c1-3-5-7-9-11-13-15-16-17-18-19-20-21-22-23-24-25-26-27-28-30-31-33-35-37-39-43(49)41-46(51)47-44(42-48)45(50)40-38-36-34-32-29-14-12-10-8-6-4-2/h29,32,38,40,43-45,48-50H,3-28,30-31,33-37,39,41-42H2,1-2H3,(H,47,51)/b32-29+,40-38+. The van der Waals surface area contributed by atoms with Crippen molar-refractivity contribution in [3.8, 4) is 0 Å². The molecule has 0 radical (unpaired) electrons. The summed E-state index contributed by atoms with van der Waals surface area (Å²) in [7, 11) is 0. The number of rotatable bonds is 41. The van der Waals surface area contributed by atoms with Crippen LogP contribution in [0.5, 0.6) is 0 Å². The summed E-state index contributed by atoms with van der Waals surface area (Å²) in [6.07, 6.45) is 50.6. The SMILES string of the molecule is CCCCCCC/C=C/CC/C=C/C(O)C(CO)NC(=O)CC(O)CCCCCCCCCCCCCCCCCCCCCCCCCCC. The van der Waals surface area contributed by atoms with Crippen LogP contribution in [0.3, 0.4) is 0 Å². The molecule has 3 atom stereocenters. The highest BCUT2D eigenvalue weighted by Gasteiger charge is 2.20. The number of allylic oxidation sites excluding steroid dienone is 3. The lowest BCUT2D eigenvalue weighted by Crippen LogP contribution is -2.45. The zero-order valence-corrected chi connectivity index (χ0v) is 34.2. The van der Waals surface area contributed by atoms with Crippen molar-refractivity contribution in [3.63, 3.8) is 0 Å². The summed E-state index contributed by atoms with van der Waals surface area (Å²) in [5.41, 5.74) is 0. The van der Waals surface area contributed by atoms with Gasteiger partial charge in [0.25, 0.3) is 0 Å². The molecule has 0 aromatic heterocycles. The Morgan fingerprint density at radius 2 is 0.843 bits per heavy atom. The molecule has 0 fully saturated rings. The highest BCUT2D eigenvalue weighted by atomic mass is 16.3. The lowest BCUT2D eigenvalue weighted by Gasteiger charge is -2.21. The van der Waals surface area contributed by atoms with Crippen LogP contribution in [0, 0.1) is 0 Å². The van der Waals surface area contributed by atoms with Gasteiger partial charge in [0.2, 0.25) is 5.91 Å². The van der Waals surface area contributed by atoms with Crippen LogP contribution in [-0.4, -0.2) is 46.1 Å². The molecule has 4 N–H and O–H groups in total. The van der Waals surface area contributed by atoms with Crippen LogP contribution < -0.4 is 5.32 Å². The van der Waals surface area contributed by atoms with E-state index in [1.54, 1.807) is 6.08 Å². The van der Waals surface area contributed by atoms with Crippen molar-refractivity contribution in [2.45, 2.75) is 257 Å². The first-order valence-electron chi connectivity index (χ1n) is 22.6. The van der Waals surface area contributed by atoms with Crippen molar-refractivity contribution in [1.29, 1.82) is 0 Å². The number of amides is 1. The van der Waals surface area contributed by atoms with Crippen molar-refractivity contribution in [1.82, 2.24) is 5.32 Å². The minimum Gasteiger partial charge on any atom is -0.394 e. The van der Waals surface area contributed by atoms with Crippen LogP contribution in [0.15, 0.2) is 24.3 Å². The number of aliphatic hydroxyl groups excluding tert-OH is 3. The quantitative estimate of drug-likeness (QED) is 0.0374. The maximum Gasteiger partial charge on any atom is 0.222 e. The van der Waals surface area contributed by atoms with E-state index in [1.807, 2.05) is 6.08 Å². The van der Waals surface area contributed by atoms with Gasteiger partial charge in [0.05, 0.1) is 31.3 Å². The molecular formula is C46H89NO4. The van der Waals surface area contributed by atoms with Gasteiger partial charge in [0.15, 0.2) is 0 Å². The Morgan fingerprint density at radius 1 is 0.490 bits per heavy atom. The van der Waals surface area contributed by atoms with E-state index in [2.05, 4.69) is 31.3 Å². The molecule has 5 heteroatoms. The van der Waals surface area contributed by atoms with Gasteiger partial charge in [-0.15, -0.1) is 0 Å². The second kappa shape index (κ2) is 41.6. The van der Waals surface area contributed by atoms with E-state index < -0.39 is 18.2 Å². The molecule has 0 saturated carbocycles. The van der Waals surface area contributed by atoms with Gasteiger partial charge >= 0.3 is 0 Å². The highest BCUT2D eigenvalue weighted by Crippen LogP contribution is 2.16. The fourth-order valence-electron chi connectivity index (χ4n) is 7.00. The lowest BCUT2D eigenvalue weighted by atomic mass is 10.0. The number of aliphatic hydroxyl groups is 3. The van der Waals surface area contributed by atoms with Crippen molar-refractivity contribution in [2.75, 3.05) is 6.61 Å². The first-order chi connectivity index (χ1) is 25.0. The van der Waals surface area contributed by atoms with Crippen molar-refractivity contribution >= 4 is 5.91 Å². The first-order valence-corrected chi connectivity index (χ1v) is 22.6. The Labute approximate surface area is 318 Å². The van der Waals surface area contributed by atoms with E-state index >= 15 is 0 Å². The Bertz CT molecular complexity index is 754. The molecule has 5 nitrogen and oxygen atoms in total. The molecule has 0 aliphatic heterocycles. The maximum absolute atomic E-state index is 12.4. The third-order valence-corrected chi connectivity index (χ3v) is 10.5. The Morgan fingerprint density at radius 3 is 1.25 bits per heavy atom. The monoisotopic (exact) mass is 720 g/mol. The summed E-state index contributed by atoms with van der Waals surface area (Å²) in [5, 5.41) is 33.1. The molecule has 51 heavy (non-hydrogen) atoms. The van der Waals surface area contributed by atoms with Crippen LogP contribution in [0.25, 0.3) is 0 Å². The van der Waals surface area contributed by atoms with E-state index in [-0.39, 0.29) is 18.9 Å². The Balaban J connectivity index is 3.56. The van der Waals surface area contributed by atoms with Gasteiger partial charge in [-0.1, -0.05) is 224 Å². The topological polar surface area (TPSA) is 89.8 Å². The maximum atomic E-state index is 12.4. The third-order valence-electron chi connectivity index (χ3n) is 10.5. The highest BCUT2D eigenvalue weighted by molar-refractivity contribution is 5.76. The lowest BCUT2D eigenvalue weighted by molar-refractivity contribution is -0.124. The second-order valence-electron chi connectivity index (χ2n) is 15.7. The minimum absolute atomic E-state index is 0.00950. The molecule has 0 aliphatic carbocycles. The Hall–Kier alpha value is -1.17. The smallest absolute Gasteiger partial charge is 0.222 e. The van der Waals surface area contributed by atoms with Gasteiger partial charge < -0.3 is 20.6 Å². The van der Waals surface area contributed by atoms with Crippen LogP contribution in [-0.2, 0) is 4.79 Å². The number of hydrogen-bond donors (Lipinski definition) is 4. The summed E-state index contributed by atoms with van der Waals surface area (Å²) in [4.78, 5) is 12.4. The second-order valence-corrected chi connectivity index (χ2v) is 15.7. The molecule has 0 rings (SSSR count). The molecule has 0 bridgehead atoms. The third kappa shape index (κ3) is 38.4. The summed E-state index contributed by atoms with van der Waals surface area (Å²) in [5.74, 6) is -0.324. The number of carbonyl (C=O) groups is 1. The van der Waals surface area contributed by atoms with E-state index in [1.165, 1.54) is 180 Å². The van der Waals surface area contributed by atoms with Gasteiger partial charge in [0.1, 0.15) is 0 Å². The largest absolute Gasteiger partial charge is 0.394 e. The van der Waals surface area contributed by atoms with Crippen LogP contribution in [0.2, 0.25) is 0 Å². The molecular weight excluding hydrogens is 631 g/mol. The molecule has 0 spiro atoms. The molecule has 0 aromatic carbocycles. The predicted octanol–water partition coefficient (Wildman–Crippen LogP) is 13.0. The van der Waals surface area contributed by atoms with Crippen LogP contribution >= 0.6 is 0 Å². The molecule has 0 aromatic rings. The van der Waals surface area contributed by atoms with Gasteiger partial charge in [-0.05, 0) is 32.1 Å². The van der Waals surface area contributed by atoms with Gasteiger partial charge in [0, 0.05) is 0 Å². The van der Waals surface area contributed by atoms with Gasteiger partial charge in [-0.3, -0.25) is 4.79 Å². The minimum atomic E-state index is -0.947. The molecule has 0 saturated heterocycles. The molecule has 1 amide bonds. The average molecular weight is 720 g/mol. The van der Waals surface area contributed by atoms with Crippen molar-refractivity contribution in [2.24, 2.45) is 0 Å². The van der Waals surface area contributed by atoms with Gasteiger partial charge in [-0.2, -0.15) is 0 Å². The predicted molar refractivity (Wildman–Crippen MR) is 222 cm³/mol. The normalized spacial score (nSPS) is 13.7. The van der Waals surface area contributed by atoms with Gasteiger partial charge in [-0.25, -0.2) is 0 Å². The van der Waals surface area contributed by atoms with Crippen LogP contribution in [0.1, 0.15) is 239 Å². The number of hydrogen-bond acceptors (Lipinski definition) is 4. The van der Waals surface area contributed by atoms with Crippen LogP contribution in [0.4, 0.5) is 0 Å². The fraction of sp³-hybridized carbons (Fsp3) is 0.891. The number of nitrogens with one attached hydrogen (secondary N) is 1. The van der Waals surface area contributed by atoms with E-state index in [9.17, 15) is 20.1 Å². The van der Waals surface area contributed by atoms with E-state index in [0.29, 0.717) is 6.42 Å². The van der Waals surface area contributed by atoms with Crippen molar-refractivity contribution in [3.05, 3.63) is 24.3 Å². The molecule has 3 unspecified atom stereocenters. The summed E-state index contributed by atoms with van der Waals surface area (Å²) >= 11 is 0. The molecule has 0 aliphatic rings. The zero-order valence-electron chi connectivity index (χ0n) is 34.2. The Kier molecular flexibility index (Phi) is 40.6. The van der Waals surface area contributed by atoms with Crippen molar-refractivity contribution < 1.29 is 20.1 Å². The first kappa shape index (κ1) is 49.8. The van der Waals surface area contributed by atoms with E-state index in [4.69, 9.17) is 0 Å². The number of carbonyl (C=O) groups excluding carboxylic acids is 1. The summed E-state index contributed by atoms with van der Waals surface area (Å²) in [6, 6.07) is -0.756.